The molecule has 0 aromatic carbocycles. The van der Waals surface area contributed by atoms with Crippen LogP contribution in [0.4, 0.5) is 13.2 Å². The molecule has 1 aromatic rings. The number of pyridine rings is 1. The molecule has 5 nitrogen and oxygen atoms in total. The number of halogens is 3. The fourth-order valence-electron chi connectivity index (χ4n) is 2.09. The van der Waals surface area contributed by atoms with Gasteiger partial charge in [-0.25, -0.2) is 4.98 Å². The molecule has 118 valence electrons. The highest BCUT2D eigenvalue weighted by Gasteiger charge is 2.28. The lowest BCUT2D eigenvalue weighted by Crippen LogP contribution is -2.32. The first-order valence-electron chi connectivity index (χ1n) is 6.77. The maximum atomic E-state index is 12.1. The topological polar surface area (TPSA) is 58.2 Å². The van der Waals surface area contributed by atoms with Crippen molar-refractivity contribution in [2.45, 2.75) is 25.7 Å². The van der Waals surface area contributed by atoms with E-state index < -0.39 is 12.8 Å². The Hall–Kier alpha value is -1.38. The van der Waals surface area contributed by atoms with Crippen LogP contribution in [0.1, 0.15) is 12.5 Å². The van der Waals surface area contributed by atoms with E-state index in [1.165, 1.54) is 12.3 Å². The van der Waals surface area contributed by atoms with E-state index in [4.69, 9.17) is 0 Å². The first-order chi connectivity index (χ1) is 9.94. The molecule has 1 aromatic heterocycles. The average molecular weight is 304 g/mol. The van der Waals surface area contributed by atoms with Crippen LogP contribution >= 0.6 is 0 Å². The SMILES string of the molecule is CC1NNCC1CNCc1ccnc(OCC(F)(F)F)c1. The number of nitrogens with zero attached hydrogens (tertiary/aromatic N) is 1. The Balaban J connectivity index is 1.78. The van der Waals surface area contributed by atoms with Gasteiger partial charge in [-0.05, 0) is 18.6 Å². The van der Waals surface area contributed by atoms with Crippen molar-refractivity contribution < 1.29 is 17.9 Å². The maximum absolute atomic E-state index is 12.1. The number of hydrazine groups is 1. The second-order valence-electron chi connectivity index (χ2n) is 5.11. The number of aromatic nitrogens is 1. The summed E-state index contributed by atoms with van der Waals surface area (Å²) in [7, 11) is 0. The molecule has 2 unspecified atom stereocenters. The van der Waals surface area contributed by atoms with Gasteiger partial charge >= 0.3 is 6.18 Å². The van der Waals surface area contributed by atoms with E-state index in [1.54, 1.807) is 6.07 Å². The lowest BCUT2D eigenvalue weighted by atomic mass is 10.0. The largest absolute Gasteiger partial charge is 0.468 e. The van der Waals surface area contributed by atoms with E-state index in [2.05, 4.69) is 32.8 Å². The van der Waals surface area contributed by atoms with Gasteiger partial charge in [0, 0.05) is 43.9 Å². The van der Waals surface area contributed by atoms with E-state index in [0.717, 1.165) is 18.7 Å². The Bertz CT molecular complexity index is 455. The molecule has 1 aliphatic rings. The number of ether oxygens (including phenoxy) is 1. The fourth-order valence-corrected chi connectivity index (χ4v) is 2.09. The highest BCUT2D eigenvalue weighted by atomic mass is 19.4. The number of nitrogens with one attached hydrogen (secondary N) is 3. The molecule has 0 radical (unpaired) electrons. The van der Waals surface area contributed by atoms with Crippen LogP contribution in [0.15, 0.2) is 18.3 Å². The fraction of sp³-hybridized carbons (Fsp3) is 0.615. The van der Waals surface area contributed by atoms with Gasteiger partial charge in [-0.2, -0.15) is 13.2 Å². The van der Waals surface area contributed by atoms with E-state index in [1.807, 2.05) is 0 Å². The summed E-state index contributed by atoms with van der Waals surface area (Å²) in [5.41, 5.74) is 7.06. The van der Waals surface area contributed by atoms with Crippen LogP contribution in [0.5, 0.6) is 5.88 Å². The van der Waals surface area contributed by atoms with Crippen molar-refractivity contribution in [3.8, 4) is 5.88 Å². The van der Waals surface area contributed by atoms with Crippen LogP contribution in [0, 0.1) is 5.92 Å². The minimum Gasteiger partial charge on any atom is -0.468 e. The molecule has 0 aliphatic carbocycles. The molecular formula is C13H19F3N4O. The molecule has 21 heavy (non-hydrogen) atoms. The Morgan fingerprint density at radius 2 is 2.29 bits per heavy atom. The third-order valence-corrected chi connectivity index (χ3v) is 3.32. The van der Waals surface area contributed by atoms with E-state index >= 15 is 0 Å². The van der Waals surface area contributed by atoms with Crippen molar-refractivity contribution >= 4 is 0 Å². The van der Waals surface area contributed by atoms with Gasteiger partial charge in [-0.3, -0.25) is 10.9 Å². The second kappa shape index (κ2) is 7.06. The van der Waals surface area contributed by atoms with Crippen molar-refractivity contribution in [1.29, 1.82) is 0 Å². The first-order valence-corrected chi connectivity index (χ1v) is 6.77. The number of alkyl halides is 3. The molecule has 0 saturated carbocycles. The van der Waals surface area contributed by atoms with Crippen molar-refractivity contribution in [2.75, 3.05) is 19.7 Å². The van der Waals surface area contributed by atoms with Gasteiger partial charge in [-0.15, -0.1) is 0 Å². The van der Waals surface area contributed by atoms with Gasteiger partial charge in [0.1, 0.15) is 0 Å². The monoisotopic (exact) mass is 304 g/mol. The molecule has 2 atom stereocenters. The lowest BCUT2D eigenvalue weighted by molar-refractivity contribution is -0.154. The molecule has 0 amide bonds. The summed E-state index contributed by atoms with van der Waals surface area (Å²) < 4.78 is 40.9. The van der Waals surface area contributed by atoms with E-state index in [-0.39, 0.29) is 5.88 Å². The molecule has 8 heteroatoms. The van der Waals surface area contributed by atoms with Crippen molar-refractivity contribution in [1.82, 2.24) is 21.2 Å². The number of hydrogen-bond acceptors (Lipinski definition) is 5. The molecule has 0 spiro atoms. The molecule has 0 bridgehead atoms. The Kier molecular flexibility index (Phi) is 5.38. The summed E-state index contributed by atoms with van der Waals surface area (Å²) in [6.07, 6.45) is -2.90. The van der Waals surface area contributed by atoms with Gasteiger partial charge in [-0.1, -0.05) is 0 Å². The summed E-state index contributed by atoms with van der Waals surface area (Å²) in [5, 5.41) is 3.29. The highest BCUT2D eigenvalue weighted by molar-refractivity contribution is 5.20. The van der Waals surface area contributed by atoms with Gasteiger partial charge in [0.15, 0.2) is 6.61 Å². The van der Waals surface area contributed by atoms with Crippen molar-refractivity contribution in [2.24, 2.45) is 5.92 Å². The second-order valence-corrected chi connectivity index (χ2v) is 5.11. The lowest BCUT2D eigenvalue weighted by Gasteiger charge is -2.14. The van der Waals surface area contributed by atoms with E-state index in [0.29, 0.717) is 18.5 Å². The van der Waals surface area contributed by atoms with Crippen LogP contribution in [0.25, 0.3) is 0 Å². The summed E-state index contributed by atoms with van der Waals surface area (Å²) in [6, 6.07) is 3.66. The standard InChI is InChI=1S/C13H19F3N4O/c1-9-11(7-19-20-9)6-17-5-10-2-3-18-12(4-10)21-8-13(14,15)16/h2-4,9,11,17,19-20H,5-8H2,1H3. The van der Waals surface area contributed by atoms with Gasteiger partial charge < -0.3 is 10.1 Å². The van der Waals surface area contributed by atoms with Crippen LogP contribution in [-0.2, 0) is 6.54 Å². The Morgan fingerprint density at radius 1 is 1.48 bits per heavy atom. The summed E-state index contributed by atoms with van der Waals surface area (Å²) in [6.45, 7) is 3.05. The zero-order valence-electron chi connectivity index (χ0n) is 11.7. The Labute approximate surface area is 121 Å². The minimum absolute atomic E-state index is 0.0100. The van der Waals surface area contributed by atoms with Gasteiger partial charge in [0.05, 0.1) is 0 Å². The zero-order chi connectivity index (χ0) is 15.3. The third-order valence-electron chi connectivity index (χ3n) is 3.32. The molecule has 1 fully saturated rings. The minimum atomic E-state index is -4.35. The predicted octanol–water partition coefficient (Wildman–Crippen LogP) is 1.22. The van der Waals surface area contributed by atoms with Crippen LogP contribution in [0.3, 0.4) is 0 Å². The summed E-state index contributed by atoms with van der Waals surface area (Å²) in [4.78, 5) is 3.77. The van der Waals surface area contributed by atoms with Gasteiger partial charge in [0.2, 0.25) is 5.88 Å². The molecule has 1 saturated heterocycles. The van der Waals surface area contributed by atoms with E-state index in [9.17, 15) is 13.2 Å². The third kappa shape index (κ3) is 5.49. The quantitative estimate of drug-likeness (QED) is 0.738. The van der Waals surface area contributed by atoms with Crippen molar-refractivity contribution in [3.05, 3.63) is 23.9 Å². The van der Waals surface area contributed by atoms with Crippen molar-refractivity contribution in [3.63, 3.8) is 0 Å². The van der Waals surface area contributed by atoms with Gasteiger partial charge in [0.25, 0.3) is 0 Å². The maximum Gasteiger partial charge on any atom is 0.422 e. The zero-order valence-corrected chi connectivity index (χ0v) is 11.7. The normalized spacial score (nSPS) is 22.5. The molecule has 2 rings (SSSR count). The smallest absolute Gasteiger partial charge is 0.422 e. The summed E-state index contributed by atoms with van der Waals surface area (Å²) in [5.74, 6) is 0.469. The highest BCUT2D eigenvalue weighted by Crippen LogP contribution is 2.17. The van der Waals surface area contributed by atoms with Crippen LogP contribution < -0.4 is 20.9 Å². The molecule has 2 heterocycles. The Morgan fingerprint density at radius 3 is 2.95 bits per heavy atom. The predicted molar refractivity (Wildman–Crippen MR) is 71.6 cm³/mol. The molecule has 1 aliphatic heterocycles. The molecule has 3 N–H and O–H groups in total. The summed E-state index contributed by atoms with van der Waals surface area (Å²) >= 11 is 0. The number of hydrogen-bond donors (Lipinski definition) is 3. The first kappa shape index (κ1) is 16.0. The average Bonchev–Trinajstić information content (AvgIpc) is 2.82. The number of rotatable bonds is 6. The molecular weight excluding hydrogens is 285 g/mol. The van der Waals surface area contributed by atoms with Crippen LogP contribution in [0.2, 0.25) is 0 Å². The van der Waals surface area contributed by atoms with Crippen LogP contribution in [-0.4, -0.2) is 36.9 Å².